The van der Waals surface area contributed by atoms with E-state index in [1.165, 1.54) is 12.1 Å². The van der Waals surface area contributed by atoms with Crippen LogP contribution in [0.2, 0.25) is 0 Å². The topological polar surface area (TPSA) is 55.4 Å². The molecule has 0 saturated carbocycles. The highest BCUT2D eigenvalue weighted by Crippen LogP contribution is 2.25. The molecule has 2 aromatic rings. The lowest BCUT2D eigenvalue weighted by Crippen LogP contribution is -2.24. The third kappa shape index (κ3) is 5.08. The zero-order valence-electron chi connectivity index (χ0n) is 14.2. The van der Waals surface area contributed by atoms with E-state index in [1.54, 1.807) is 17.8 Å². The molecule has 1 fully saturated rings. The zero-order valence-corrected chi connectivity index (χ0v) is 15.1. The number of thioether (sulfide) groups is 1. The van der Waals surface area contributed by atoms with Crippen LogP contribution in [0.4, 0.5) is 14.9 Å². The SMILES string of the molecule is O=C(Nc1ccc(CC2CSCCC2=O)cc1F)OCc1ccccc1. The summed E-state index contributed by atoms with van der Waals surface area (Å²) in [5, 5.41) is 2.41. The molecule has 26 heavy (non-hydrogen) atoms. The number of halogens is 1. The monoisotopic (exact) mass is 373 g/mol. The van der Waals surface area contributed by atoms with Crippen LogP contribution in [0.5, 0.6) is 0 Å². The van der Waals surface area contributed by atoms with Gasteiger partial charge in [-0.05, 0) is 29.7 Å². The van der Waals surface area contributed by atoms with E-state index in [2.05, 4.69) is 5.32 Å². The molecule has 0 aliphatic carbocycles. The van der Waals surface area contributed by atoms with Crippen molar-refractivity contribution in [1.82, 2.24) is 0 Å². The number of anilines is 1. The third-order valence-electron chi connectivity index (χ3n) is 4.23. The molecule has 1 aliphatic rings. The first kappa shape index (κ1) is 18.5. The van der Waals surface area contributed by atoms with Crippen molar-refractivity contribution in [2.45, 2.75) is 19.4 Å². The number of amides is 1. The molecule has 136 valence electrons. The maximum atomic E-state index is 14.3. The number of ether oxygens (including phenoxy) is 1. The van der Waals surface area contributed by atoms with Crippen LogP contribution in [0.1, 0.15) is 17.5 Å². The van der Waals surface area contributed by atoms with Crippen molar-refractivity contribution in [3.05, 3.63) is 65.5 Å². The molecule has 3 rings (SSSR count). The van der Waals surface area contributed by atoms with Gasteiger partial charge in [-0.2, -0.15) is 11.8 Å². The summed E-state index contributed by atoms with van der Waals surface area (Å²) < 4.78 is 19.4. The lowest BCUT2D eigenvalue weighted by Gasteiger charge is -2.20. The lowest BCUT2D eigenvalue weighted by atomic mass is 9.95. The number of hydrogen-bond donors (Lipinski definition) is 1. The summed E-state index contributed by atoms with van der Waals surface area (Å²) in [6, 6.07) is 13.9. The van der Waals surface area contributed by atoms with Gasteiger partial charge in [-0.3, -0.25) is 10.1 Å². The molecule has 1 unspecified atom stereocenters. The summed E-state index contributed by atoms with van der Waals surface area (Å²) in [6.07, 6.45) is 0.408. The maximum absolute atomic E-state index is 14.3. The minimum atomic E-state index is -0.709. The highest BCUT2D eigenvalue weighted by Gasteiger charge is 2.23. The molecule has 0 spiro atoms. The minimum absolute atomic E-state index is 0.0530. The number of carbonyl (C=O) groups excluding carboxylic acids is 2. The van der Waals surface area contributed by atoms with E-state index in [0.717, 1.165) is 22.6 Å². The Labute approximate surface area is 156 Å². The summed E-state index contributed by atoms with van der Waals surface area (Å²) in [4.78, 5) is 23.7. The van der Waals surface area contributed by atoms with Crippen LogP contribution in [0.3, 0.4) is 0 Å². The van der Waals surface area contributed by atoms with E-state index in [0.29, 0.717) is 12.8 Å². The Morgan fingerprint density at radius 3 is 2.73 bits per heavy atom. The molecule has 0 bridgehead atoms. The van der Waals surface area contributed by atoms with Crippen molar-refractivity contribution >= 4 is 29.3 Å². The van der Waals surface area contributed by atoms with Crippen molar-refractivity contribution in [1.29, 1.82) is 0 Å². The highest BCUT2D eigenvalue weighted by molar-refractivity contribution is 7.99. The first-order chi connectivity index (χ1) is 12.6. The average Bonchev–Trinajstić information content (AvgIpc) is 2.65. The molecule has 1 saturated heterocycles. The van der Waals surface area contributed by atoms with E-state index in [-0.39, 0.29) is 24.0 Å². The van der Waals surface area contributed by atoms with Gasteiger partial charge < -0.3 is 4.74 Å². The zero-order chi connectivity index (χ0) is 18.4. The Morgan fingerprint density at radius 2 is 2.00 bits per heavy atom. The van der Waals surface area contributed by atoms with Crippen molar-refractivity contribution < 1.29 is 18.7 Å². The van der Waals surface area contributed by atoms with E-state index >= 15 is 0 Å². The van der Waals surface area contributed by atoms with Crippen molar-refractivity contribution in [2.75, 3.05) is 16.8 Å². The normalized spacial score (nSPS) is 17.0. The van der Waals surface area contributed by atoms with Gasteiger partial charge in [-0.15, -0.1) is 0 Å². The van der Waals surface area contributed by atoms with Crippen LogP contribution < -0.4 is 5.32 Å². The number of hydrogen-bond acceptors (Lipinski definition) is 4. The van der Waals surface area contributed by atoms with Gasteiger partial charge in [0.05, 0.1) is 5.69 Å². The van der Waals surface area contributed by atoms with E-state index in [9.17, 15) is 14.0 Å². The quantitative estimate of drug-likeness (QED) is 0.842. The van der Waals surface area contributed by atoms with Gasteiger partial charge in [0, 0.05) is 23.8 Å². The van der Waals surface area contributed by atoms with Crippen LogP contribution in [0.15, 0.2) is 48.5 Å². The standard InChI is InChI=1S/C20H20FNO3S/c21-17-11-15(10-16-13-26-9-8-19(16)23)6-7-18(17)22-20(24)25-12-14-4-2-1-3-5-14/h1-7,11,16H,8-10,12-13H2,(H,22,24). The predicted molar refractivity (Wildman–Crippen MR) is 101 cm³/mol. The lowest BCUT2D eigenvalue weighted by molar-refractivity contribution is -0.122. The van der Waals surface area contributed by atoms with Gasteiger partial charge in [0.1, 0.15) is 18.2 Å². The molecule has 6 heteroatoms. The van der Waals surface area contributed by atoms with Crippen LogP contribution in [0, 0.1) is 11.7 Å². The van der Waals surface area contributed by atoms with Gasteiger partial charge >= 0.3 is 6.09 Å². The van der Waals surface area contributed by atoms with E-state index < -0.39 is 11.9 Å². The molecule has 4 nitrogen and oxygen atoms in total. The minimum Gasteiger partial charge on any atom is -0.444 e. The fourth-order valence-corrected chi connectivity index (χ4v) is 3.91. The summed E-state index contributed by atoms with van der Waals surface area (Å²) >= 11 is 1.76. The molecule has 1 amide bonds. The Hall–Kier alpha value is -2.34. The average molecular weight is 373 g/mol. The van der Waals surface area contributed by atoms with Crippen LogP contribution >= 0.6 is 11.8 Å². The highest BCUT2D eigenvalue weighted by atomic mass is 32.2. The van der Waals surface area contributed by atoms with Gasteiger partial charge in [0.15, 0.2) is 0 Å². The number of carbonyl (C=O) groups is 2. The summed E-state index contributed by atoms with van der Waals surface area (Å²) in [5.74, 6) is 1.32. The van der Waals surface area contributed by atoms with Crippen molar-refractivity contribution in [3.63, 3.8) is 0 Å². The maximum Gasteiger partial charge on any atom is 0.412 e. The van der Waals surface area contributed by atoms with Gasteiger partial charge in [-0.1, -0.05) is 36.4 Å². The molecule has 1 atom stereocenters. The van der Waals surface area contributed by atoms with Gasteiger partial charge in [0.25, 0.3) is 0 Å². The molecule has 0 aromatic heterocycles. The number of benzene rings is 2. The van der Waals surface area contributed by atoms with Crippen LogP contribution in [-0.4, -0.2) is 23.4 Å². The smallest absolute Gasteiger partial charge is 0.412 e. The summed E-state index contributed by atoms with van der Waals surface area (Å²) in [7, 11) is 0. The van der Waals surface area contributed by atoms with E-state index in [4.69, 9.17) is 4.74 Å². The molecule has 1 heterocycles. The Morgan fingerprint density at radius 1 is 1.19 bits per heavy atom. The number of rotatable bonds is 5. The van der Waals surface area contributed by atoms with E-state index in [1.807, 2.05) is 30.3 Å². The van der Waals surface area contributed by atoms with Crippen LogP contribution in [-0.2, 0) is 22.6 Å². The predicted octanol–water partition coefficient (Wildman–Crippen LogP) is 4.44. The first-order valence-electron chi connectivity index (χ1n) is 8.48. The van der Waals surface area contributed by atoms with Crippen molar-refractivity contribution in [3.8, 4) is 0 Å². The Balaban J connectivity index is 1.55. The molecule has 1 aliphatic heterocycles. The fourth-order valence-electron chi connectivity index (χ4n) is 2.81. The summed E-state index contributed by atoms with van der Waals surface area (Å²) in [6.45, 7) is 0.119. The third-order valence-corrected chi connectivity index (χ3v) is 5.36. The van der Waals surface area contributed by atoms with Gasteiger partial charge in [0.2, 0.25) is 0 Å². The first-order valence-corrected chi connectivity index (χ1v) is 9.64. The Bertz CT molecular complexity index is 782. The number of ketones is 1. The van der Waals surface area contributed by atoms with Gasteiger partial charge in [-0.25, -0.2) is 9.18 Å². The van der Waals surface area contributed by atoms with Crippen LogP contribution in [0.25, 0.3) is 0 Å². The number of Topliss-reactive ketones (excluding diaryl/α,β-unsaturated/α-hetero) is 1. The second-order valence-corrected chi connectivity index (χ2v) is 7.34. The van der Waals surface area contributed by atoms with Crippen molar-refractivity contribution in [2.24, 2.45) is 5.92 Å². The largest absolute Gasteiger partial charge is 0.444 e. The fraction of sp³-hybridized carbons (Fsp3) is 0.300. The molecular formula is C20H20FNO3S. The molecule has 1 N–H and O–H groups in total. The molecular weight excluding hydrogens is 353 g/mol. The Kier molecular flexibility index (Phi) is 6.28. The second-order valence-electron chi connectivity index (χ2n) is 6.19. The molecule has 2 aromatic carbocycles. The second kappa shape index (κ2) is 8.85. The summed E-state index contributed by atoms with van der Waals surface area (Å²) in [5.41, 5.74) is 1.68. The number of nitrogens with one attached hydrogen (secondary N) is 1. The molecule has 0 radical (unpaired) electrons.